The van der Waals surface area contributed by atoms with Crippen molar-refractivity contribution in [3.05, 3.63) is 42.1 Å². The van der Waals surface area contributed by atoms with Crippen LogP contribution in [0.2, 0.25) is 0 Å². The minimum absolute atomic E-state index is 0.0459. The number of para-hydroxylation sites is 1. The molecule has 1 amide bonds. The van der Waals surface area contributed by atoms with E-state index in [4.69, 9.17) is 0 Å². The molecular formula is C14H17N3O. The van der Waals surface area contributed by atoms with Crippen molar-refractivity contribution in [1.82, 2.24) is 15.2 Å². The van der Waals surface area contributed by atoms with Crippen molar-refractivity contribution >= 4 is 16.8 Å². The molecule has 94 valence electrons. The Hall–Kier alpha value is -1.94. The smallest absolute Gasteiger partial charge is 0.252 e. The molecule has 0 saturated heterocycles. The van der Waals surface area contributed by atoms with Gasteiger partial charge in [0.1, 0.15) is 0 Å². The Kier molecular flexibility index (Phi) is 3.89. The Morgan fingerprint density at radius 1 is 1.28 bits per heavy atom. The number of rotatable bonds is 4. The number of nitrogens with zero attached hydrogens (tertiary/aromatic N) is 2. The molecule has 0 radical (unpaired) electrons. The minimum Gasteiger partial charge on any atom is -0.351 e. The summed E-state index contributed by atoms with van der Waals surface area (Å²) in [6.07, 6.45) is 1.67. The third-order valence-electron chi connectivity index (χ3n) is 2.74. The summed E-state index contributed by atoms with van der Waals surface area (Å²) in [6, 6.07) is 9.42. The summed E-state index contributed by atoms with van der Waals surface area (Å²) in [6.45, 7) is 1.47. The quantitative estimate of drug-likeness (QED) is 0.885. The Morgan fingerprint density at radius 2 is 2.06 bits per heavy atom. The topological polar surface area (TPSA) is 45.2 Å². The van der Waals surface area contributed by atoms with Crippen LogP contribution in [0.1, 0.15) is 10.4 Å². The molecule has 1 heterocycles. The highest BCUT2D eigenvalue weighted by atomic mass is 16.1. The summed E-state index contributed by atoms with van der Waals surface area (Å²) in [5, 5.41) is 3.81. The second-order valence-corrected chi connectivity index (χ2v) is 4.43. The van der Waals surface area contributed by atoms with Crippen LogP contribution in [0, 0.1) is 0 Å². The predicted octanol–water partition coefficient (Wildman–Crippen LogP) is 1.53. The summed E-state index contributed by atoms with van der Waals surface area (Å²) in [5.41, 5.74) is 1.53. The summed E-state index contributed by atoms with van der Waals surface area (Å²) in [4.78, 5) is 18.4. The van der Waals surface area contributed by atoms with E-state index in [0.717, 1.165) is 17.4 Å². The first kappa shape index (κ1) is 12.5. The zero-order valence-corrected chi connectivity index (χ0v) is 10.7. The molecule has 2 aromatic rings. The summed E-state index contributed by atoms with van der Waals surface area (Å²) >= 11 is 0. The lowest BCUT2D eigenvalue weighted by atomic mass is 10.1. The molecule has 0 aliphatic rings. The Balaban J connectivity index is 2.17. The van der Waals surface area contributed by atoms with E-state index in [1.165, 1.54) is 0 Å². The van der Waals surface area contributed by atoms with Gasteiger partial charge in [0, 0.05) is 24.7 Å². The van der Waals surface area contributed by atoms with Gasteiger partial charge in [0.2, 0.25) is 0 Å². The average molecular weight is 243 g/mol. The largest absolute Gasteiger partial charge is 0.351 e. The van der Waals surface area contributed by atoms with E-state index >= 15 is 0 Å². The molecule has 0 aliphatic heterocycles. The van der Waals surface area contributed by atoms with Crippen molar-refractivity contribution in [2.24, 2.45) is 0 Å². The Labute approximate surface area is 107 Å². The molecule has 0 bridgehead atoms. The number of hydrogen-bond acceptors (Lipinski definition) is 3. The fourth-order valence-electron chi connectivity index (χ4n) is 1.78. The van der Waals surface area contributed by atoms with E-state index in [9.17, 15) is 4.79 Å². The molecule has 1 aromatic carbocycles. The van der Waals surface area contributed by atoms with Gasteiger partial charge >= 0.3 is 0 Å². The van der Waals surface area contributed by atoms with Gasteiger partial charge in [0.25, 0.3) is 5.91 Å². The van der Waals surface area contributed by atoms with Crippen molar-refractivity contribution in [3.63, 3.8) is 0 Å². The molecule has 18 heavy (non-hydrogen) atoms. The molecule has 4 heteroatoms. The molecule has 0 unspecified atom stereocenters. The van der Waals surface area contributed by atoms with Gasteiger partial charge in [-0.15, -0.1) is 0 Å². The molecule has 0 fully saturated rings. The van der Waals surface area contributed by atoms with Crippen molar-refractivity contribution in [3.8, 4) is 0 Å². The number of carbonyl (C=O) groups is 1. The molecular weight excluding hydrogens is 226 g/mol. The number of fused-ring (bicyclic) bond motifs is 1. The fraction of sp³-hybridized carbons (Fsp3) is 0.286. The lowest BCUT2D eigenvalue weighted by Crippen LogP contribution is -2.31. The van der Waals surface area contributed by atoms with Gasteiger partial charge in [-0.2, -0.15) is 0 Å². The number of aromatic nitrogens is 1. The molecule has 0 atom stereocenters. The van der Waals surface area contributed by atoms with Crippen LogP contribution in [0.5, 0.6) is 0 Å². The zero-order chi connectivity index (χ0) is 13.0. The van der Waals surface area contributed by atoms with Gasteiger partial charge in [0.05, 0.1) is 11.1 Å². The van der Waals surface area contributed by atoms with Gasteiger partial charge in [0.15, 0.2) is 0 Å². The highest BCUT2D eigenvalue weighted by Gasteiger charge is 2.09. The van der Waals surface area contributed by atoms with E-state index < -0.39 is 0 Å². The fourth-order valence-corrected chi connectivity index (χ4v) is 1.78. The summed E-state index contributed by atoms with van der Waals surface area (Å²) in [7, 11) is 3.96. The SMILES string of the molecule is CN(C)CCNC(=O)c1ccnc2ccccc12. The van der Waals surface area contributed by atoms with Crippen LogP contribution < -0.4 is 5.32 Å². The summed E-state index contributed by atoms with van der Waals surface area (Å²) < 4.78 is 0. The van der Waals surface area contributed by atoms with Gasteiger partial charge in [-0.3, -0.25) is 9.78 Å². The first-order chi connectivity index (χ1) is 8.68. The van der Waals surface area contributed by atoms with Crippen molar-refractivity contribution in [1.29, 1.82) is 0 Å². The predicted molar refractivity (Wildman–Crippen MR) is 72.6 cm³/mol. The van der Waals surface area contributed by atoms with Gasteiger partial charge in [-0.25, -0.2) is 0 Å². The standard InChI is InChI=1S/C14H17N3O/c1-17(2)10-9-16-14(18)12-7-8-15-13-6-4-3-5-11(12)13/h3-8H,9-10H2,1-2H3,(H,16,18). The zero-order valence-electron chi connectivity index (χ0n) is 10.7. The van der Waals surface area contributed by atoms with Crippen LogP contribution in [0.15, 0.2) is 36.5 Å². The number of pyridine rings is 1. The van der Waals surface area contributed by atoms with Crippen molar-refractivity contribution in [2.75, 3.05) is 27.2 Å². The molecule has 4 nitrogen and oxygen atoms in total. The van der Waals surface area contributed by atoms with Gasteiger partial charge in [-0.1, -0.05) is 18.2 Å². The van der Waals surface area contributed by atoms with Gasteiger partial charge < -0.3 is 10.2 Å². The maximum Gasteiger partial charge on any atom is 0.252 e. The number of nitrogens with one attached hydrogen (secondary N) is 1. The molecule has 1 N–H and O–H groups in total. The monoisotopic (exact) mass is 243 g/mol. The Morgan fingerprint density at radius 3 is 2.83 bits per heavy atom. The summed E-state index contributed by atoms with van der Waals surface area (Å²) in [5.74, 6) is -0.0459. The highest BCUT2D eigenvalue weighted by Crippen LogP contribution is 2.15. The molecule has 1 aromatic heterocycles. The molecule has 2 rings (SSSR count). The van der Waals surface area contributed by atoms with Crippen LogP contribution >= 0.6 is 0 Å². The maximum atomic E-state index is 12.1. The average Bonchev–Trinajstić information content (AvgIpc) is 2.37. The molecule has 0 saturated carbocycles. The number of carbonyl (C=O) groups excluding carboxylic acids is 1. The molecule has 0 aliphatic carbocycles. The van der Waals surface area contributed by atoms with Crippen LogP contribution in [0.25, 0.3) is 10.9 Å². The van der Waals surface area contributed by atoms with Crippen LogP contribution in [-0.4, -0.2) is 43.0 Å². The van der Waals surface area contributed by atoms with Crippen molar-refractivity contribution < 1.29 is 4.79 Å². The second kappa shape index (κ2) is 5.60. The number of benzene rings is 1. The highest BCUT2D eigenvalue weighted by molar-refractivity contribution is 6.05. The van der Waals surface area contributed by atoms with Gasteiger partial charge in [-0.05, 0) is 26.2 Å². The Bertz CT molecular complexity index is 546. The minimum atomic E-state index is -0.0459. The molecule has 0 spiro atoms. The van der Waals surface area contributed by atoms with E-state index in [-0.39, 0.29) is 5.91 Å². The number of hydrogen-bond donors (Lipinski definition) is 1. The van der Waals surface area contributed by atoms with E-state index in [1.807, 2.05) is 43.3 Å². The van der Waals surface area contributed by atoms with Crippen LogP contribution in [0.3, 0.4) is 0 Å². The third kappa shape index (κ3) is 2.84. The van der Waals surface area contributed by atoms with E-state index in [0.29, 0.717) is 12.1 Å². The maximum absolute atomic E-state index is 12.1. The normalized spacial score (nSPS) is 10.8. The third-order valence-corrected chi connectivity index (χ3v) is 2.74. The van der Waals surface area contributed by atoms with Crippen LogP contribution in [0.4, 0.5) is 0 Å². The first-order valence-corrected chi connectivity index (χ1v) is 5.95. The number of amides is 1. The first-order valence-electron chi connectivity index (χ1n) is 5.95. The van der Waals surface area contributed by atoms with Crippen molar-refractivity contribution in [2.45, 2.75) is 0 Å². The second-order valence-electron chi connectivity index (χ2n) is 4.43. The number of likely N-dealkylation sites (N-methyl/N-ethyl adjacent to an activating group) is 1. The van der Waals surface area contributed by atoms with E-state index in [2.05, 4.69) is 10.3 Å². The van der Waals surface area contributed by atoms with E-state index in [1.54, 1.807) is 12.3 Å². The lowest BCUT2D eigenvalue weighted by molar-refractivity contribution is 0.0952. The van der Waals surface area contributed by atoms with Crippen LogP contribution in [-0.2, 0) is 0 Å². The lowest BCUT2D eigenvalue weighted by Gasteiger charge is -2.11.